The highest BCUT2D eigenvalue weighted by Crippen LogP contribution is 2.17. The molecule has 2 nitrogen and oxygen atoms in total. The summed E-state index contributed by atoms with van der Waals surface area (Å²) in [5.41, 5.74) is 3.28. The molecule has 2 rings (SSSR count). The van der Waals surface area contributed by atoms with Gasteiger partial charge in [-0.05, 0) is 41.9 Å². The van der Waals surface area contributed by atoms with Crippen molar-refractivity contribution < 1.29 is 0 Å². The molecule has 0 radical (unpaired) electrons. The highest BCUT2D eigenvalue weighted by atomic mass is 79.9. The van der Waals surface area contributed by atoms with Crippen LogP contribution in [0.3, 0.4) is 0 Å². The highest BCUT2D eigenvalue weighted by Gasteiger charge is 2.04. The molecule has 0 aliphatic rings. The second-order valence-corrected chi connectivity index (χ2v) is 3.64. The number of aromatic nitrogens is 2. The van der Waals surface area contributed by atoms with E-state index in [2.05, 4.69) is 32.2 Å². The molecule has 2 heterocycles. The number of fused-ring (bicyclic) bond motifs is 1. The smallest absolute Gasteiger partial charge is 0.138 e. The molecule has 2 aromatic heterocycles. The number of pyridine rings is 1. The molecule has 62 valence electrons. The van der Waals surface area contributed by atoms with Crippen molar-refractivity contribution in [3.8, 4) is 0 Å². The van der Waals surface area contributed by atoms with Gasteiger partial charge >= 0.3 is 0 Å². The molecule has 0 amide bonds. The summed E-state index contributed by atoms with van der Waals surface area (Å²) in [4.78, 5) is 4.41. The molecule has 0 saturated carbocycles. The molecule has 12 heavy (non-hydrogen) atoms. The zero-order valence-corrected chi connectivity index (χ0v) is 8.59. The van der Waals surface area contributed by atoms with Crippen LogP contribution in [0.2, 0.25) is 0 Å². The minimum atomic E-state index is 0.999. The van der Waals surface area contributed by atoms with E-state index in [4.69, 9.17) is 0 Å². The maximum atomic E-state index is 4.41. The third-order valence-electron chi connectivity index (χ3n) is 2.06. The van der Waals surface area contributed by atoms with Crippen molar-refractivity contribution in [3.63, 3.8) is 0 Å². The Labute approximate surface area is 79.4 Å². The third kappa shape index (κ3) is 0.966. The molecule has 0 unspecified atom stereocenters. The number of aryl methyl sites for hydroxylation is 2. The Balaban J connectivity index is 2.97. The molecule has 0 spiro atoms. The van der Waals surface area contributed by atoms with Crippen molar-refractivity contribution in [2.45, 2.75) is 13.8 Å². The van der Waals surface area contributed by atoms with Gasteiger partial charge in [-0.2, -0.15) is 0 Å². The second kappa shape index (κ2) is 2.59. The summed E-state index contributed by atoms with van der Waals surface area (Å²) in [6, 6.07) is 6.01. The lowest BCUT2D eigenvalue weighted by molar-refractivity contribution is 1.06. The molecule has 0 atom stereocenters. The summed E-state index contributed by atoms with van der Waals surface area (Å²) >= 11 is 3.48. The summed E-state index contributed by atoms with van der Waals surface area (Å²) in [5.74, 6) is 0. The van der Waals surface area contributed by atoms with Crippen molar-refractivity contribution in [2.24, 2.45) is 0 Å². The fraction of sp³-hybridized carbons (Fsp3) is 0.222. The summed E-state index contributed by atoms with van der Waals surface area (Å²) in [6.45, 7) is 4.09. The summed E-state index contributed by atoms with van der Waals surface area (Å²) in [5, 5.41) is 0. The van der Waals surface area contributed by atoms with Crippen LogP contribution in [0.4, 0.5) is 0 Å². The SMILES string of the molecule is Cc1nc2cccc(Br)n2c1C. The maximum absolute atomic E-state index is 4.41. The summed E-state index contributed by atoms with van der Waals surface area (Å²) in [7, 11) is 0. The Kier molecular flexibility index (Phi) is 1.68. The van der Waals surface area contributed by atoms with E-state index in [0.29, 0.717) is 0 Å². The predicted molar refractivity (Wildman–Crippen MR) is 52.4 cm³/mol. The van der Waals surface area contributed by atoms with E-state index < -0.39 is 0 Å². The Morgan fingerprint density at radius 1 is 1.33 bits per heavy atom. The number of halogens is 1. The van der Waals surface area contributed by atoms with E-state index in [1.165, 1.54) is 5.69 Å². The second-order valence-electron chi connectivity index (χ2n) is 2.82. The minimum absolute atomic E-state index is 0.999. The largest absolute Gasteiger partial charge is 0.291 e. The number of imidazole rings is 1. The van der Waals surface area contributed by atoms with Gasteiger partial charge in [0.25, 0.3) is 0 Å². The zero-order valence-electron chi connectivity index (χ0n) is 7.00. The molecule has 0 N–H and O–H groups in total. The van der Waals surface area contributed by atoms with Crippen molar-refractivity contribution in [2.75, 3.05) is 0 Å². The topological polar surface area (TPSA) is 17.3 Å². The maximum Gasteiger partial charge on any atom is 0.138 e. The van der Waals surface area contributed by atoms with Crippen LogP contribution in [-0.2, 0) is 0 Å². The highest BCUT2D eigenvalue weighted by molar-refractivity contribution is 9.10. The number of hydrogen-bond acceptors (Lipinski definition) is 1. The first-order valence-corrected chi connectivity index (χ1v) is 4.59. The van der Waals surface area contributed by atoms with Crippen LogP contribution in [0.1, 0.15) is 11.4 Å². The molecule has 0 aliphatic carbocycles. The first kappa shape index (κ1) is 7.80. The van der Waals surface area contributed by atoms with Crippen LogP contribution < -0.4 is 0 Å². The van der Waals surface area contributed by atoms with Crippen molar-refractivity contribution in [3.05, 3.63) is 34.2 Å². The standard InChI is InChI=1S/C9H9BrN2/c1-6-7(2)12-8(10)4-3-5-9(12)11-6/h3-5H,1-2H3. The Morgan fingerprint density at radius 2 is 2.08 bits per heavy atom. The fourth-order valence-electron chi connectivity index (χ4n) is 1.31. The monoisotopic (exact) mass is 224 g/mol. The summed E-state index contributed by atoms with van der Waals surface area (Å²) < 4.78 is 3.15. The van der Waals surface area contributed by atoms with Crippen LogP contribution >= 0.6 is 15.9 Å². The number of hydrogen-bond donors (Lipinski definition) is 0. The average Bonchev–Trinajstić information content (AvgIpc) is 2.29. The van der Waals surface area contributed by atoms with Gasteiger partial charge < -0.3 is 0 Å². The van der Waals surface area contributed by atoms with Crippen molar-refractivity contribution in [1.82, 2.24) is 9.38 Å². The lowest BCUT2D eigenvalue weighted by atomic mass is 10.4. The normalized spacial score (nSPS) is 10.9. The minimum Gasteiger partial charge on any atom is -0.291 e. The molecule has 0 saturated heterocycles. The van der Waals surface area contributed by atoms with Crippen LogP contribution in [0, 0.1) is 13.8 Å². The van der Waals surface area contributed by atoms with E-state index >= 15 is 0 Å². The first-order valence-electron chi connectivity index (χ1n) is 3.80. The van der Waals surface area contributed by atoms with E-state index in [1.54, 1.807) is 0 Å². The van der Waals surface area contributed by atoms with Crippen LogP contribution in [0.25, 0.3) is 5.65 Å². The van der Waals surface area contributed by atoms with E-state index in [-0.39, 0.29) is 0 Å². The zero-order chi connectivity index (χ0) is 8.72. The Morgan fingerprint density at radius 3 is 2.75 bits per heavy atom. The fourth-order valence-corrected chi connectivity index (χ4v) is 1.91. The molecule has 0 fully saturated rings. The van der Waals surface area contributed by atoms with Gasteiger partial charge in [-0.1, -0.05) is 6.07 Å². The molecular weight excluding hydrogens is 216 g/mol. The van der Waals surface area contributed by atoms with E-state index in [0.717, 1.165) is 15.9 Å². The lowest BCUT2D eigenvalue weighted by Gasteiger charge is -1.98. The third-order valence-corrected chi connectivity index (χ3v) is 2.68. The Hall–Kier alpha value is -0.830. The Bertz CT molecular complexity index is 431. The molecule has 0 aliphatic heterocycles. The molecule has 0 aromatic carbocycles. The first-order chi connectivity index (χ1) is 5.70. The number of rotatable bonds is 0. The van der Waals surface area contributed by atoms with Crippen LogP contribution in [0.5, 0.6) is 0 Å². The van der Waals surface area contributed by atoms with Crippen LogP contribution in [0.15, 0.2) is 22.8 Å². The van der Waals surface area contributed by atoms with Crippen LogP contribution in [-0.4, -0.2) is 9.38 Å². The van der Waals surface area contributed by atoms with Crippen molar-refractivity contribution in [1.29, 1.82) is 0 Å². The molecular formula is C9H9BrN2. The van der Waals surface area contributed by atoms with E-state index in [1.807, 2.05) is 25.1 Å². The quantitative estimate of drug-likeness (QED) is 0.630. The molecule has 0 bridgehead atoms. The molecule has 3 heteroatoms. The summed E-state index contributed by atoms with van der Waals surface area (Å²) in [6.07, 6.45) is 0. The van der Waals surface area contributed by atoms with Gasteiger partial charge in [0, 0.05) is 5.69 Å². The average molecular weight is 225 g/mol. The van der Waals surface area contributed by atoms with Gasteiger partial charge in [0.15, 0.2) is 0 Å². The van der Waals surface area contributed by atoms with Gasteiger partial charge in [0.1, 0.15) is 5.65 Å². The lowest BCUT2D eigenvalue weighted by Crippen LogP contribution is -1.88. The van der Waals surface area contributed by atoms with Gasteiger partial charge in [-0.3, -0.25) is 4.40 Å². The number of nitrogens with zero attached hydrogens (tertiary/aromatic N) is 2. The van der Waals surface area contributed by atoms with Gasteiger partial charge in [0.2, 0.25) is 0 Å². The molecule has 2 aromatic rings. The van der Waals surface area contributed by atoms with Gasteiger partial charge in [0.05, 0.1) is 10.3 Å². The van der Waals surface area contributed by atoms with Gasteiger partial charge in [-0.15, -0.1) is 0 Å². The van der Waals surface area contributed by atoms with Gasteiger partial charge in [-0.25, -0.2) is 4.98 Å². The predicted octanol–water partition coefficient (Wildman–Crippen LogP) is 2.71. The van der Waals surface area contributed by atoms with Crippen molar-refractivity contribution >= 4 is 21.6 Å². The van der Waals surface area contributed by atoms with E-state index in [9.17, 15) is 0 Å².